The highest BCUT2D eigenvalue weighted by Gasteiger charge is 2.30. The number of halogens is 2. The van der Waals surface area contributed by atoms with Crippen LogP contribution in [0.5, 0.6) is 0 Å². The van der Waals surface area contributed by atoms with E-state index in [1.54, 1.807) is 29.2 Å². The molecule has 1 aliphatic heterocycles. The maximum atomic E-state index is 12.3. The maximum Gasteiger partial charge on any atom is 0.238 e. The molecule has 5 nitrogen and oxygen atoms in total. The zero-order valence-corrected chi connectivity index (χ0v) is 16.4. The van der Waals surface area contributed by atoms with Crippen LogP contribution in [-0.4, -0.2) is 50.2 Å². The molecule has 1 saturated heterocycles. The van der Waals surface area contributed by atoms with E-state index in [4.69, 9.17) is 0 Å². The van der Waals surface area contributed by atoms with E-state index in [2.05, 4.69) is 21.2 Å². The molecule has 0 aromatic heterocycles. The lowest BCUT2D eigenvalue weighted by Gasteiger charge is -2.38. The predicted molar refractivity (Wildman–Crippen MR) is 97.5 cm³/mol. The van der Waals surface area contributed by atoms with Gasteiger partial charge in [-0.2, -0.15) is 0 Å². The Bertz CT molecular complexity index is 637. The molecule has 0 aliphatic carbocycles. The first-order valence-corrected chi connectivity index (χ1v) is 9.87. The molecule has 1 N–H and O–H groups in total. The quantitative estimate of drug-likeness (QED) is 0.801. The van der Waals surface area contributed by atoms with Gasteiger partial charge in [0.2, 0.25) is 5.91 Å². The van der Waals surface area contributed by atoms with Gasteiger partial charge in [0.15, 0.2) is 9.84 Å². The number of sulfone groups is 1. The van der Waals surface area contributed by atoms with Gasteiger partial charge in [-0.05, 0) is 31.5 Å². The number of rotatable bonds is 4. The lowest BCUT2D eigenvalue weighted by Crippen LogP contribution is -2.58. The molecule has 0 saturated carbocycles. The molecule has 130 valence electrons. The maximum absolute atomic E-state index is 12.3. The summed E-state index contributed by atoms with van der Waals surface area (Å²) in [7, 11) is -3.46. The van der Waals surface area contributed by atoms with Gasteiger partial charge in [-0.15, -0.1) is 12.4 Å². The second-order valence-electron chi connectivity index (χ2n) is 5.73. The van der Waals surface area contributed by atoms with Crippen LogP contribution >= 0.6 is 28.3 Å². The average molecular weight is 426 g/mol. The number of carbonyl (C=O) groups is 1. The Morgan fingerprint density at radius 3 is 2.52 bits per heavy atom. The van der Waals surface area contributed by atoms with Crippen molar-refractivity contribution in [3.63, 3.8) is 0 Å². The summed E-state index contributed by atoms with van der Waals surface area (Å²) in [6, 6.07) is 7.28. The molecule has 0 spiro atoms. The first kappa shape index (κ1) is 20.4. The third kappa shape index (κ3) is 5.74. The highest BCUT2D eigenvalue weighted by Crippen LogP contribution is 2.15. The lowest BCUT2D eigenvalue weighted by molar-refractivity contribution is -0.132. The smallest absolute Gasteiger partial charge is 0.238 e. The lowest BCUT2D eigenvalue weighted by atomic mass is 10.1. The van der Waals surface area contributed by atoms with Gasteiger partial charge in [0.25, 0.3) is 0 Å². The Morgan fingerprint density at radius 2 is 1.91 bits per heavy atom. The molecular weight excluding hydrogens is 404 g/mol. The SMILES string of the molecule is CC1NCCN(C(=O)CS(=O)(=O)Cc2ccc(Br)cc2)C1C.Cl. The van der Waals surface area contributed by atoms with Crippen molar-refractivity contribution >= 4 is 44.1 Å². The Kier molecular flexibility index (Phi) is 7.51. The molecule has 1 aromatic carbocycles. The number of nitrogens with zero attached hydrogens (tertiary/aromatic N) is 1. The molecule has 1 aromatic rings. The molecule has 23 heavy (non-hydrogen) atoms. The molecule has 0 radical (unpaired) electrons. The summed E-state index contributed by atoms with van der Waals surface area (Å²) in [5.74, 6) is -0.847. The van der Waals surface area contributed by atoms with E-state index >= 15 is 0 Å². The summed E-state index contributed by atoms with van der Waals surface area (Å²) in [5.41, 5.74) is 0.692. The number of piperazine rings is 1. The van der Waals surface area contributed by atoms with Crippen LogP contribution in [0, 0.1) is 0 Å². The van der Waals surface area contributed by atoms with Crippen molar-refractivity contribution in [3.8, 4) is 0 Å². The van der Waals surface area contributed by atoms with Gasteiger partial charge in [-0.1, -0.05) is 28.1 Å². The molecule has 8 heteroatoms. The number of hydrogen-bond acceptors (Lipinski definition) is 4. The van der Waals surface area contributed by atoms with Crippen LogP contribution in [0.15, 0.2) is 28.7 Å². The minimum Gasteiger partial charge on any atom is -0.336 e. The van der Waals surface area contributed by atoms with Gasteiger partial charge < -0.3 is 10.2 Å². The highest BCUT2D eigenvalue weighted by molar-refractivity contribution is 9.10. The summed E-state index contributed by atoms with van der Waals surface area (Å²) < 4.78 is 25.4. The predicted octanol–water partition coefficient (Wildman–Crippen LogP) is 1.99. The molecular formula is C15H22BrClN2O3S. The monoisotopic (exact) mass is 424 g/mol. The number of amides is 1. The van der Waals surface area contributed by atoms with Crippen LogP contribution in [0.25, 0.3) is 0 Å². The number of nitrogens with one attached hydrogen (secondary N) is 1. The zero-order chi connectivity index (χ0) is 16.3. The highest BCUT2D eigenvalue weighted by atomic mass is 79.9. The fourth-order valence-corrected chi connectivity index (χ4v) is 4.17. The van der Waals surface area contributed by atoms with Crippen molar-refractivity contribution in [3.05, 3.63) is 34.3 Å². The van der Waals surface area contributed by atoms with Crippen molar-refractivity contribution in [1.82, 2.24) is 10.2 Å². The minimum absolute atomic E-state index is 0. The van der Waals surface area contributed by atoms with Crippen molar-refractivity contribution < 1.29 is 13.2 Å². The van der Waals surface area contributed by atoms with Crippen molar-refractivity contribution in [2.45, 2.75) is 31.7 Å². The Balaban J connectivity index is 0.00000264. The molecule has 1 amide bonds. The van der Waals surface area contributed by atoms with Crippen molar-refractivity contribution in [2.24, 2.45) is 0 Å². The summed E-state index contributed by atoms with van der Waals surface area (Å²) >= 11 is 3.31. The fourth-order valence-electron chi connectivity index (χ4n) is 2.57. The third-order valence-corrected chi connectivity index (χ3v) is 5.99. The summed E-state index contributed by atoms with van der Waals surface area (Å²) in [6.07, 6.45) is 0. The number of carbonyl (C=O) groups excluding carboxylic acids is 1. The second kappa shape index (κ2) is 8.46. The van der Waals surface area contributed by atoms with Gasteiger partial charge in [0.05, 0.1) is 5.75 Å². The van der Waals surface area contributed by atoms with Gasteiger partial charge in [0.1, 0.15) is 5.75 Å². The largest absolute Gasteiger partial charge is 0.336 e. The first-order valence-electron chi connectivity index (χ1n) is 7.26. The van der Waals surface area contributed by atoms with E-state index in [1.807, 2.05) is 13.8 Å². The zero-order valence-electron chi connectivity index (χ0n) is 13.2. The molecule has 2 atom stereocenters. The van der Waals surface area contributed by atoms with Gasteiger partial charge >= 0.3 is 0 Å². The Hall–Kier alpha value is -0.630. The Labute approximate surface area is 152 Å². The number of hydrogen-bond donors (Lipinski definition) is 1. The molecule has 1 aliphatic rings. The van der Waals surface area contributed by atoms with Crippen LogP contribution in [0.1, 0.15) is 19.4 Å². The van der Waals surface area contributed by atoms with Crippen LogP contribution < -0.4 is 5.32 Å². The van der Waals surface area contributed by atoms with Crippen LogP contribution in [0.3, 0.4) is 0 Å². The molecule has 0 bridgehead atoms. The van der Waals surface area contributed by atoms with E-state index in [0.29, 0.717) is 18.7 Å². The van der Waals surface area contributed by atoms with E-state index < -0.39 is 15.6 Å². The molecule has 1 heterocycles. The van der Waals surface area contributed by atoms with Crippen LogP contribution in [0.2, 0.25) is 0 Å². The van der Waals surface area contributed by atoms with E-state index in [9.17, 15) is 13.2 Å². The topological polar surface area (TPSA) is 66.5 Å². The van der Waals surface area contributed by atoms with Gasteiger partial charge in [-0.3, -0.25) is 4.79 Å². The van der Waals surface area contributed by atoms with Gasteiger partial charge in [-0.25, -0.2) is 8.42 Å². The van der Waals surface area contributed by atoms with Crippen LogP contribution in [0.4, 0.5) is 0 Å². The van der Waals surface area contributed by atoms with Crippen molar-refractivity contribution in [2.75, 3.05) is 18.8 Å². The van der Waals surface area contributed by atoms with Crippen LogP contribution in [-0.2, 0) is 20.4 Å². The van der Waals surface area contributed by atoms with E-state index in [1.165, 1.54) is 0 Å². The minimum atomic E-state index is -3.46. The fraction of sp³-hybridized carbons (Fsp3) is 0.533. The normalized spacial score (nSPS) is 21.6. The van der Waals surface area contributed by atoms with Crippen molar-refractivity contribution in [1.29, 1.82) is 0 Å². The molecule has 2 rings (SSSR count). The summed E-state index contributed by atoms with van der Waals surface area (Å²) in [6.45, 7) is 5.19. The third-order valence-electron chi connectivity index (χ3n) is 4.00. The average Bonchev–Trinajstić information content (AvgIpc) is 2.43. The van der Waals surface area contributed by atoms with Gasteiger partial charge in [0, 0.05) is 29.6 Å². The summed E-state index contributed by atoms with van der Waals surface area (Å²) in [4.78, 5) is 14.0. The Morgan fingerprint density at radius 1 is 1.30 bits per heavy atom. The molecule has 2 unspecified atom stereocenters. The molecule has 1 fully saturated rings. The second-order valence-corrected chi connectivity index (χ2v) is 8.71. The first-order chi connectivity index (χ1) is 10.3. The number of benzene rings is 1. The van der Waals surface area contributed by atoms with E-state index in [-0.39, 0.29) is 36.2 Å². The summed E-state index contributed by atoms with van der Waals surface area (Å²) in [5, 5.41) is 3.28. The standard InChI is InChI=1S/C15H21BrN2O3S.ClH/c1-11-12(2)18(8-7-17-11)15(19)10-22(20,21)9-13-3-5-14(16)6-4-13;/h3-6,11-12,17H,7-10H2,1-2H3;1H. The van der Waals surface area contributed by atoms with E-state index in [0.717, 1.165) is 4.47 Å².